The Morgan fingerprint density at radius 3 is 1.10 bits per heavy atom. The maximum Gasteiger partial charge on any atom is 2.00 e. The summed E-state index contributed by atoms with van der Waals surface area (Å²) in [5, 5.41) is 14.1. The molecule has 0 atom stereocenters. The van der Waals surface area contributed by atoms with E-state index in [-0.39, 0.29) is 21.1 Å². The van der Waals surface area contributed by atoms with Gasteiger partial charge in [0.1, 0.15) is 0 Å². The molecule has 164 valence electrons. The van der Waals surface area contributed by atoms with Gasteiger partial charge in [-0.3, -0.25) is 6.08 Å². The van der Waals surface area contributed by atoms with E-state index in [1.807, 2.05) is 40.7 Å². The fourth-order valence-corrected chi connectivity index (χ4v) is 3.26. The smallest absolute Gasteiger partial charge is 2.00 e. The number of nitrogens with zero attached hydrogens (tertiary/aromatic N) is 6. The molecule has 3 rings (SSSR count). The summed E-state index contributed by atoms with van der Waals surface area (Å²) in [6, 6.07) is 6.28. The predicted molar refractivity (Wildman–Crippen MR) is 115 cm³/mol. The van der Waals surface area contributed by atoms with Crippen LogP contribution in [0.1, 0.15) is 48.0 Å². The zero-order chi connectivity index (χ0) is 23.4. The molecular weight excluding hydrogens is 563 g/mol. The average molecular weight is 592 g/mol. The predicted octanol–water partition coefficient (Wildman–Crippen LogP) is 3.10. The first-order chi connectivity index (χ1) is 14.3. The third kappa shape index (κ3) is 8.33. The van der Waals surface area contributed by atoms with E-state index in [0.29, 0.717) is 0 Å². The summed E-state index contributed by atoms with van der Waals surface area (Å²) < 4.78 is 21.2. The molecule has 10 heteroatoms. The molecule has 0 radical (unpaired) electrons. The third-order valence-corrected chi connectivity index (χ3v) is 4.40. The van der Waals surface area contributed by atoms with Crippen molar-refractivity contribution in [3.05, 3.63) is 77.8 Å². The summed E-state index contributed by atoms with van der Waals surface area (Å²) in [5.41, 5.74) is 6.40. The zero-order valence-corrected chi connectivity index (χ0v) is 22.4. The van der Waals surface area contributed by atoms with Gasteiger partial charge in [0.2, 0.25) is 0 Å². The Kier molecular flexibility index (Phi) is 15.3. The van der Waals surface area contributed by atoms with Gasteiger partial charge in [-0.25, -0.2) is 15.3 Å². The summed E-state index contributed by atoms with van der Waals surface area (Å²) >= 11 is 0. The largest absolute Gasteiger partial charge is 2.00 e. The summed E-state index contributed by atoms with van der Waals surface area (Å²) in [4.78, 5) is 0. The SMILES string of the molecule is C[C-]=CC.Cc1cc(C)n([BH-](n2nc(C)cc2C)n2nc(C)cc2C)n1.[C-]#[O+].[C-]#[O+].[W+2]. The van der Waals surface area contributed by atoms with Crippen LogP contribution in [0.2, 0.25) is 0 Å². The summed E-state index contributed by atoms with van der Waals surface area (Å²) in [5.74, 6) is 0. The van der Waals surface area contributed by atoms with E-state index in [2.05, 4.69) is 72.1 Å². The molecule has 0 bridgehead atoms. The van der Waals surface area contributed by atoms with Gasteiger partial charge in [-0.2, -0.15) is 6.92 Å². The topological polar surface area (TPSA) is 93.3 Å². The summed E-state index contributed by atoms with van der Waals surface area (Å²) in [7, 11) is -1.26. The van der Waals surface area contributed by atoms with Crippen molar-refractivity contribution in [3.63, 3.8) is 0 Å². The second-order valence-electron chi connectivity index (χ2n) is 6.78. The van der Waals surface area contributed by atoms with Crippen LogP contribution in [-0.4, -0.2) is 36.2 Å². The number of hydrogen-bond acceptors (Lipinski definition) is 3. The second-order valence-corrected chi connectivity index (χ2v) is 6.78. The minimum Gasteiger partial charge on any atom is 2.00 e. The van der Waals surface area contributed by atoms with Gasteiger partial charge in [-0.05, 0) is 76.8 Å². The van der Waals surface area contributed by atoms with Crippen molar-refractivity contribution < 1.29 is 30.4 Å². The van der Waals surface area contributed by atoms with E-state index in [9.17, 15) is 0 Å². The molecule has 8 nitrogen and oxygen atoms in total. The van der Waals surface area contributed by atoms with Crippen molar-refractivity contribution in [1.82, 2.24) is 29.1 Å². The van der Waals surface area contributed by atoms with Crippen LogP contribution < -0.4 is 0 Å². The monoisotopic (exact) mass is 592 g/mol. The van der Waals surface area contributed by atoms with E-state index in [1.165, 1.54) is 0 Å². The van der Waals surface area contributed by atoms with Crippen molar-refractivity contribution in [1.29, 1.82) is 0 Å². The molecule has 0 fully saturated rings. The molecule has 0 aliphatic carbocycles. The second kappa shape index (κ2) is 15.4. The van der Waals surface area contributed by atoms with Gasteiger partial charge in [0.25, 0.3) is 0 Å². The standard InChI is InChI=1S/C15H22BN6.C4H7.2CO.W/c1-10-7-13(4)20(17-10)16(21-14(5)8-11(2)18-21)22-15(6)9-12(3)19-22;1-3-4-2;2*1-2;/h7-9,16H,1-6H3;3H,1-2H3;;;/q2*-1;;;+2. The van der Waals surface area contributed by atoms with Crippen molar-refractivity contribution >= 4 is 7.12 Å². The van der Waals surface area contributed by atoms with Crippen LogP contribution in [-0.2, 0) is 30.4 Å². The van der Waals surface area contributed by atoms with Crippen LogP contribution in [0.15, 0.2) is 24.3 Å². The minimum absolute atomic E-state index is 0. The van der Waals surface area contributed by atoms with Gasteiger partial charge < -0.3 is 19.9 Å². The Hall–Kier alpha value is -2.40. The molecule has 0 aliphatic rings. The van der Waals surface area contributed by atoms with Gasteiger partial charge >= 0.3 is 50.8 Å². The number of hydrogen-bond donors (Lipinski definition) is 0. The van der Waals surface area contributed by atoms with Gasteiger partial charge in [0.15, 0.2) is 0 Å². The molecular formula is C21H29BN6O2W. The molecule has 0 amide bonds. The first kappa shape index (κ1) is 30.8. The minimum atomic E-state index is -1.26. The van der Waals surface area contributed by atoms with E-state index >= 15 is 0 Å². The summed E-state index contributed by atoms with van der Waals surface area (Å²) in [6.07, 6.45) is 4.68. The molecule has 31 heavy (non-hydrogen) atoms. The van der Waals surface area contributed by atoms with Crippen LogP contribution >= 0.6 is 0 Å². The Morgan fingerprint density at radius 1 is 0.742 bits per heavy atom. The first-order valence-corrected chi connectivity index (χ1v) is 9.40. The quantitative estimate of drug-likeness (QED) is 0.266. The van der Waals surface area contributed by atoms with Crippen LogP contribution in [0.25, 0.3) is 0 Å². The van der Waals surface area contributed by atoms with Gasteiger partial charge in [0.05, 0.1) is 17.1 Å². The summed E-state index contributed by atoms with van der Waals surface area (Å²) in [6.45, 7) is 25.1. The van der Waals surface area contributed by atoms with E-state index in [0.717, 1.165) is 34.2 Å². The van der Waals surface area contributed by atoms with Crippen LogP contribution in [0.5, 0.6) is 0 Å². The zero-order valence-electron chi connectivity index (χ0n) is 19.4. The molecule has 0 saturated carbocycles. The Morgan fingerprint density at radius 2 is 0.968 bits per heavy atom. The average Bonchev–Trinajstić information content (AvgIpc) is 3.36. The van der Waals surface area contributed by atoms with E-state index in [1.54, 1.807) is 0 Å². The Balaban J connectivity index is 0. The first-order valence-electron chi connectivity index (χ1n) is 9.40. The van der Waals surface area contributed by atoms with Crippen LogP contribution in [0, 0.1) is 60.9 Å². The third-order valence-electron chi connectivity index (χ3n) is 4.40. The van der Waals surface area contributed by atoms with Gasteiger partial charge in [-0.15, -0.1) is 0 Å². The number of allylic oxidation sites excluding steroid dienone is 2. The molecule has 0 aromatic carbocycles. The van der Waals surface area contributed by atoms with Crippen molar-refractivity contribution in [3.8, 4) is 0 Å². The molecule has 3 heterocycles. The Labute approximate surface area is 199 Å². The van der Waals surface area contributed by atoms with Crippen LogP contribution in [0.3, 0.4) is 0 Å². The normalized spacial score (nSPS) is 9.58. The van der Waals surface area contributed by atoms with Gasteiger partial charge in [0, 0.05) is 0 Å². The van der Waals surface area contributed by atoms with E-state index in [4.69, 9.17) is 24.6 Å². The van der Waals surface area contributed by atoms with Crippen molar-refractivity contribution in [2.45, 2.75) is 55.4 Å². The number of aryl methyl sites for hydroxylation is 6. The molecule has 0 spiro atoms. The fraction of sp³-hybridized carbons (Fsp3) is 0.381. The molecule has 0 unspecified atom stereocenters. The maximum atomic E-state index is 7.50. The maximum absolute atomic E-state index is 7.50. The van der Waals surface area contributed by atoms with Crippen molar-refractivity contribution in [2.75, 3.05) is 0 Å². The molecule has 3 aromatic heterocycles. The van der Waals surface area contributed by atoms with Gasteiger partial charge in [-0.1, -0.05) is 6.92 Å². The number of rotatable bonds is 3. The Bertz CT molecular complexity index is 880. The van der Waals surface area contributed by atoms with Crippen LogP contribution in [0.4, 0.5) is 0 Å². The molecule has 3 aromatic rings. The molecule has 0 saturated heterocycles. The molecule has 0 N–H and O–H groups in total. The fourth-order valence-electron chi connectivity index (χ4n) is 3.26. The molecule has 0 aliphatic heterocycles. The number of aromatic nitrogens is 6. The van der Waals surface area contributed by atoms with E-state index < -0.39 is 7.12 Å². The van der Waals surface area contributed by atoms with Crippen molar-refractivity contribution in [2.24, 2.45) is 0 Å².